The molecule has 1 aromatic carbocycles. The van der Waals surface area contributed by atoms with E-state index in [0.29, 0.717) is 24.7 Å². The number of rotatable bonds is 2. The van der Waals surface area contributed by atoms with E-state index in [9.17, 15) is 9.90 Å². The van der Waals surface area contributed by atoms with E-state index in [0.717, 1.165) is 17.9 Å². The van der Waals surface area contributed by atoms with Gasteiger partial charge in [0.15, 0.2) is 0 Å². The Bertz CT molecular complexity index is 693. The molecule has 6 nitrogen and oxygen atoms in total. The van der Waals surface area contributed by atoms with Crippen LogP contribution >= 0.6 is 0 Å². The first-order chi connectivity index (χ1) is 10.1. The average Bonchev–Trinajstić information content (AvgIpc) is 2.63. The lowest BCUT2D eigenvalue weighted by molar-refractivity contribution is 0.0697. The number of aryl methyl sites for hydroxylation is 2. The van der Waals surface area contributed by atoms with Crippen LogP contribution in [0.3, 0.4) is 0 Å². The zero-order chi connectivity index (χ0) is 15.0. The summed E-state index contributed by atoms with van der Waals surface area (Å²) in [5, 5.41) is 13.8. The summed E-state index contributed by atoms with van der Waals surface area (Å²) in [6.45, 7) is 3.02. The molecule has 0 radical (unpaired) electrons. The third-order valence-electron chi connectivity index (χ3n) is 3.60. The Morgan fingerprint density at radius 2 is 2.14 bits per heavy atom. The van der Waals surface area contributed by atoms with Crippen molar-refractivity contribution in [2.24, 2.45) is 7.05 Å². The number of ether oxygens (including phenoxy) is 1. The van der Waals surface area contributed by atoms with Gasteiger partial charge in [-0.2, -0.15) is 5.10 Å². The van der Waals surface area contributed by atoms with Crippen molar-refractivity contribution >= 4 is 17.5 Å². The molecule has 0 aliphatic carbocycles. The molecular weight excluding hydrogens is 270 g/mol. The van der Waals surface area contributed by atoms with Crippen LogP contribution in [0, 0.1) is 6.92 Å². The maximum atomic E-state index is 11.6. The van der Waals surface area contributed by atoms with Crippen molar-refractivity contribution in [3.63, 3.8) is 0 Å². The molecule has 1 aromatic heterocycles. The Kier molecular flexibility index (Phi) is 3.29. The monoisotopic (exact) mass is 287 g/mol. The summed E-state index contributed by atoms with van der Waals surface area (Å²) in [7, 11) is 1.77. The van der Waals surface area contributed by atoms with Crippen molar-refractivity contribution in [2.75, 3.05) is 18.1 Å². The summed E-state index contributed by atoms with van der Waals surface area (Å²) in [6, 6.07) is 7.67. The highest BCUT2D eigenvalue weighted by molar-refractivity contribution is 5.96. The lowest BCUT2D eigenvalue weighted by Gasteiger charge is -2.24. The minimum Gasteiger partial charge on any atom is -0.491 e. The van der Waals surface area contributed by atoms with Crippen LogP contribution in [0.2, 0.25) is 0 Å². The second kappa shape index (κ2) is 5.12. The van der Waals surface area contributed by atoms with E-state index in [4.69, 9.17) is 4.74 Å². The van der Waals surface area contributed by atoms with Gasteiger partial charge < -0.3 is 14.7 Å². The van der Waals surface area contributed by atoms with Crippen LogP contribution in [0.5, 0.6) is 5.75 Å². The predicted molar refractivity (Wildman–Crippen MR) is 78.5 cm³/mol. The number of carbonyl (C=O) groups is 1. The van der Waals surface area contributed by atoms with Gasteiger partial charge in [-0.3, -0.25) is 4.68 Å². The number of anilines is 2. The number of carboxylic acids is 1. The molecule has 0 unspecified atom stereocenters. The average molecular weight is 287 g/mol. The highest BCUT2D eigenvalue weighted by atomic mass is 16.5. The largest absolute Gasteiger partial charge is 0.491 e. The molecule has 21 heavy (non-hydrogen) atoms. The number of nitrogens with zero attached hydrogens (tertiary/aromatic N) is 3. The molecule has 1 N–H and O–H groups in total. The Hall–Kier alpha value is -2.50. The predicted octanol–water partition coefficient (Wildman–Crippen LogP) is 2.35. The smallest absolute Gasteiger partial charge is 0.341 e. The van der Waals surface area contributed by atoms with Gasteiger partial charge in [0.25, 0.3) is 0 Å². The van der Waals surface area contributed by atoms with Gasteiger partial charge in [-0.15, -0.1) is 0 Å². The van der Waals surface area contributed by atoms with Crippen LogP contribution < -0.4 is 9.64 Å². The van der Waals surface area contributed by atoms with E-state index in [1.807, 2.05) is 29.2 Å². The van der Waals surface area contributed by atoms with Gasteiger partial charge in [0.1, 0.15) is 17.1 Å². The second-order valence-corrected chi connectivity index (χ2v) is 5.03. The van der Waals surface area contributed by atoms with E-state index in [-0.39, 0.29) is 5.56 Å². The summed E-state index contributed by atoms with van der Waals surface area (Å²) in [5.41, 5.74) is 1.64. The molecular formula is C15H17N3O3. The summed E-state index contributed by atoms with van der Waals surface area (Å²) in [6.07, 6.45) is 0.817. The molecule has 0 saturated heterocycles. The molecule has 6 heteroatoms. The first-order valence-corrected chi connectivity index (χ1v) is 6.86. The fraction of sp³-hybridized carbons (Fsp3) is 0.333. The third kappa shape index (κ3) is 2.22. The van der Waals surface area contributed by atoms with Crippen molar-refractivity contribution in [3.05, 3.63) is 35.5 Å². The van der Waals surface area contributed by atoms with Gasteiger partial charge in [0.2, 0.25) is 0 Å². The Morgan fingerprint density at radius 3 is 2.90 bits per heavy atom. The van der Waals surface area contributed by atoms with E-state index < -0.39 is 5.97 Å². The molecule has 0 saturated carbocycles. The maximum absolute atomic E-state index is 11.6. The number of carboxylic acid groups (broad SMARTS) is 1. The second-order valence-electron chi connectivity index (χ2n) is 5.03. The van der Waals surface area contributed by atoms with Gasteiger partial charge in [-0.1, -0.05) is 12.1 Å². The third-order valence-corrected chi connectivity index (χ3v) is 3.60. The Morgan fingerprint density at radius 1 is 1.38 bits per heavy atom. The molecule has 0 bridgehead atoms. The molecule has 2 aromatic rings. The minimum atomic E-state index is -0.960. The fourth-order valence-electron chi connectivity index (χ4n) is 2.75. The van der Waals surface area contributed by atoms with Crippen molar-refractivity contribution in [2.45, 2.75) is 13.3 Å². The fourth-order valence-corrected chi connectivity index (χ4v) is 2.75. The SMILES string of the molecule is Cc1nn(C)c(N2CCCOc3ccccc32)c1C(=O)O. The van der Waals surface area contributed by atoms with E-state index in [1.165, 1.54) is 0 Å². The summed E-state index contributed by atoms with van der Waals surface area (Å²) in [4.78, 5) is 13.6. The van der Waals surface area contributed by atoms with Crippen molar-refractivity contribution in [1.29, 1.82) is 0 Å². The van der Waals surface area contributed by atoms with Crippen molar-refractivity contribution in [3.8, 4) is 5.75 Å². The number of hydrogen-bond donors (Lipinski definition) is 1. The lowest BCUT2D eigenvalue weighted by atomic mass is 10.2. The van der Waals surface area contributed by atoms with Gasteiger partial charge in [0.05, 0.1) is 18.0 Å². The Labute approximate surface area is 122 Å². The molecule has 0 fully saturated rings. The molecule has 0 spiro atoms. The van der Waals surface area contributed by atoms with Crippen LogP contribution in [-0.2, 0) is 7.05 Å². The highest BCUT2D eigenvalue weighted by Crippen LogP contribution is 2.37. The molecule has 0 atom stereocenters. The van der Waals surface area contributed by atoms with Crippen LogP contribution in [0.25, 0.3) is 0 Å². The zero-order valence-corrected chi connectivity index (χ0v) is 12.0. The molecule has 2 heterocycles. The van der Waals surface area contributed by atoms with Gasteiger partial charge >= 0.3 is 5.97 Å². The summed E-state index contributed by atoms with van der Waals surface area (Å²) >= 11 is 0. The lowest BCUT2D eigenvalue weighted by Crippen LogP contribution is -2.22. The standard InChI is InChI=1S/C15H17N3O3/c1-10-13(15(19)20)14(17(2)16-10)18-8-5-9-21-12-7-4-3-6-11(12)18/h3-4,6-7H,5,8-9H2,1-2H3,(H,19,20). The number of benzene rings is 1. The van der Waals surface area contributed by atoms with E-state index in [1.54, 1.807) is 18.7 Å². The van der Waals surface area contributed by atoms with Gasteiger partial charge in [-0.05, 0) is 25.5 Å². The summed E-state index contributed by atoms with van der Waals surface area (Å²) < 4.78 is 7.35. The molecule has 1 aliphatic rings. The first kappa shape index (κ1) is 13.5. The van der Waals surface area contributed by atoms with Crippen LogP contribution in [-0.4, -0.2) is 34.0 Å². The number of para-hydroxylation sites is 2. The zero-order valence-electron chi connectivity index (χ0n) is 12.0. The minimum absolute atomic E-state index is 0.245. The first-order valence-electron chi connectivity index (χ1n) is 6.86. The van der Waals surface area contributed by atoms with Crippen LogP contribution in [0.15, 0.2) is 24.3 Å². The maximum Gasteiger partial charge on any atom is 0.341 e. The number of aromatic nitrogens is 2. The number of fused-ring (bicyclic) bond motifs is 1. The van der Waals surface area contributed by atoms with Gasteiger partial charge in [0, 0.05) is 13.6 Å². The molecule has 1 aliphatic heterocycles. The van der Waals surface area contributed by atoms with Crippen LogP contribution in [0.4, 0.5) is 11.5 Å². The van der Waals surface area contributed by atoms with Crippen LogP contribution in [0.1, 0.15) is 22.5 Å². The summed E-state index contributed by atoms with van der Waals surface area (Å²) in [5.74, 6) is 0.404. The van der Waals surface area contributed by atoms with Crippen molar-refractivity contribution < 1.29 is 14.6 Å². The van der Waals surface area contributed by atoms with E-state index >= 15 is 0 Å². The normalized spacial score (nSPS) is 14.3. The number of hydrogen-bond acceptors (Lipinski definition) is 4. The molecule has 110 valence electrons. The quantitative estimate of drug-likeness (QED) is 0.918. The topological polar surface area (TPSA) is 67.6 Å². The molecule has 0 amide bonds. The van der Waals surface area contributed by atoms with Crippen molar-refractivity contribution in [1.82, 2.24) is 9.78 Å². The molecule has 3 rings (SSSR count). The number of aromatic carboxylic acids is 1. The highest BCUT2D eigenvalue weighted by Gasteiger charge is 2.27. The van der Waals surface area contributed by atoms with Gasteiger partial charge in [-0.25, -0.2) is 4.79 Å². The Balaban J connectivity index is 2.19. The van der Waals surface area contributed by atoms with E-state index in [2.05, 4.69) is 5.10 Å².